The number of hydrogen-bond acceptors (Lipinski definition) is 6. The van der Waals surface area contributed by atoms with Crippen molar-refractivity contribution in [3.05, 3.63) is 77.9 Å². The molecule has 0 unspecified atom stereocenters. The molecule has 0 saturated carbocycles. The van der Waals surface area contributed by atoms with Gasteiger partial charge >= 0.3 is 0 Å². The summed E-state index contributed by atoms with van der Waals surface area (Å²) in [6.07, 6.45) is 4.84. The fourth-order valence-electron chi connectivity index (χ4n) is 4.07. The van der Waals surface area contributed by atoms with E-state index < -0.39 is 0 Å². The summed E-state index contributed by atoms with van der Waals surface area (Å²) in [5.41, 5.74) is 4.32. The minimum atomic E-state index is -0.235. The number of hydrogen-bond donors (Lipinski definition) is 1. The summed E-state index contributed by atoms with van der Waals surface area (Å²) in [5, 5.41) is 12.5. The number of aromatic nitrogens is 6. The predicted octanol–water partition coefficient (Wildman–Crippen LogP) is 4.78. The van der Waals surface area contributed by atoms with Crippen molar-refractivity contribution in [2.45, 2.75) is 40.3 Å². The standard InChI is InChI=1S/C25H25N7O2/c1-15(2)32-24-21(11-27-32)20(10-23(29-24)19-9-16(3)34-17(19)4)25(33)30-22-8-6-5-7-18(22)12-31-14-26-13-28-31/h5-11,13-15H,12H2,1-4H3,(H,30,33). The first kappa shape index (κ1) is 21.6. The van der Waals surface area contributed by atoms with E-state index in [1.807, 2.05) is 62.7 Å². The first-order valence-corrected chi connectivity index (χ1v) is 11.1. The van der Waals surface area contributed by atoms with Crippen molar-refractivity contribution in [1.82, 2.24) is 29.5 Å². The van der Waals surface area contributed by atoms with E-state index in [1.165, 1.54) is 6.33 Å². The molecule has 4 heterocycles. The van der Waals surface area contributed by atoms with Gasteiger partial charge in [-0.25, -0.2) is 19.3 Å². The van der Waals surface area contributed by atoms with Crippen LogP contribution in [0.1, 0.15) is 47.3 Å². The molecule has 9 nitrogen and oxygen atoms in total. The molecule has 0 bridgehead atoms. The number of aryl methyl sites for hydroxylation is 2. The molecule has 1 amide bonds. The number of nitrogens with zero attached hydrogens (tertiary/aromatic N) is 6. The van der Waals surface area contributed by atoms with Gasteiger partial charge in [-0.1, -0.05) is 18.2 Å². The normalized spacial score (nSPS) is 11.4. The van der Waals surface area contributed by atoms with E-state index in [0.29, 0.717) is 34.5 Å². The third-order valence-electron chi connectivity index (χ3n) is 5.68. The second-order valence-corrected chi connectivity index (χ2v) is 8.51. The highest BCUT2D eigenvalue weighted by Crippen LogP contribution is 2.30. The largest absolute Gasteiger partial charge is 0.466 e. The number of nitrogens with one attached hydrogen (secondary N) is 1. The SMILES string of the molecule is Cc1cc(-c2cc(C(=O)Nc3ccccc3Cn3cncn3)c3cnn(C(C)C)c3n2)c(C)o1. The Morgan fingerprint density at radius 1 is 1.15 bits per heavy atom. The Bertz CT molecular complexity index is 1480. The molecule has 1 aromatic carbocycles. The third-order valence-corrected chi connectivity index (χ3v) is 5.68. The Balaban J connectivity index is 1.58. The molecule has 4 aromatic heterocycles. The molecule has 0 aliphatic rings. The van der Waals surface area contributed by atoms with Crippen LogP contribution in [-0.4, -0.2) is 35.4 Å². The highest BCUT2D eigenvalue weighted by Gasteiger charge is 2.21. The Hall–Kier alpha value is -4.27. The van der Waals surface area contributed by atoms with Gasteiger partial charge in [-0.3, -0.25) is 4.79 Å². The van der Waals surface area contributed by atoms with Gasteiger partial charge in [0.1, 0.15) is 24.2 Å². The lowest BCUT2D eigenvalue weighted by Crippen LogP contribution is -2.15. The summed E-state index contributed by atoms with van der Waals surface area (Å²) in [6.45, 7) is 8.36. The third kappa shape index (κ3) is 3.96. The number of anilines is 1. The van der Waals surface area contributed by atoms with E-state index in [0.717, 1.165) is 22.6 Å². The second kappa shape index (κ2) is 8.58. The van der Waals surface area contributed by atoms with Crippen molar-refractivity contribution in [2.75, 3.05) is 5.32 Å². The minimum Gasteiger partial charge on any atom is -0.466 e. The number of furan rings is 1. The van der Waals surface area contributed by atoms with Crippen molar-refractivity contribution >= 4 is 22.6 Å². The van der Waals surface area contributed by atoms with Gasteiger partial charge in [-0.15, -0.1) is 0 Å². The molecular weight excluding hydrogens is 430 g/mol. The molecule has 34 heavy (non-hydrogen) atoms. The molecule has 0 spiro atoms. The lowest BCUT2D eigenvalue weighted by molar-refractivity contribution is 0.102. The molecule has 0 saturated heterocycles. The lowest BCUT2D eigenvalue weighted by Gasteiger charge is -2.13. The Kier molecular flexibility index (Phi) is 5.45. The van der Waals surface area contributed by atoms with E-state index in [4.69, 9.17) is 9.40 Å². The van der Waals surface area contributed by atoms with E-state index >= 15 is 0 Å². The molecule has 0 radical (unpaired) electrons. The van der Waals surface area contributed by atoms with E-state index in [9.17, 15) is 4.79 Å². The van der Waals surface area contributed by atoms with Crippen molar-refractivity contribution in [3.8, 4) is 11.3 Å². The molecular formula is C25H25N7O2. The van der Waals surface area contributed by atoms with Crippen LogP contribution in [0.4, 0.5) is 5.69 Å². The first-order chi connectivity index (χ1) is 16.4. The van der Waals surface area contributed by atoms with Crippen LogP contribution >= 0.6 is 0 Å². The average Bonchev–Trinajstić information content (AvgIpc) is 3.54. The number of pyridine rings is 1. The fraction of sp³-hybridized carbons (Fsp3) is 0.240. The van der Waals surface area contributed by atoms with Crippen molar-refractivity contribution in [2.24, 2.45) is 0 Å². The van der Waals surface area contributed by atoms with Gasteiger partial charge in [-0.05, 0) is 51.5 Å². The van der Waals surface area contributed by atoms with Crippen LogP contribution in [0.15, 0.2) is 59.7 Å². The maximum absolute atomic E-state index is 13.6. The number of amides is 1. The summed E-state index contributed by atoms with van der Waals surface area (Å²) in [6, 6.07) is 11.5. The number of benzene rings is 1. The fourth-order valence-corrected chi connectivity index (χ4v) is 4.07. The van der Waals surface area contributed by atoms with Gasteiger partial charge in [0.15, 0.2) is 5.65 Å². The average molecular weight is 456 g/mol. The Morgan fingerprint density at radius 2 is 1.97 bits per heavy atom. The second-order valence-electron chi connectivity index (χ2n) is 8.51. The smallest absolute Gasteiger partial charge is 0.256 e. The van der Waals surface area contributed by atoms with Crippen LogP contribution < -0.4 is 5.32 Å². The summed E-state index contributed by atoms with van der Waals surface area (Å²) < 4.78 is 9.27. The highest BCUT2D eigenvalue weighted by molar-refractivity contribution is 6.12. The highest BCUT2D eigenvalue weighted by atomic mass is 16.3. The molecule has 0 aliphatic carbocycles. The number of rotatable bonds is 6. The molecule has 1 N–H and O–H groups in total. The van der Waals surface area contributed by atoms with Crippen LogP contribution in [0.2, 0.25) is 0 Å². The summed E-state index contributed by atoms with van der Waals surface area (Å²) in [7, 11) is 0. The van der Waals surface area contributed by atoms with Crippen LogP contribution in [-0.2, 0) is 6.54 Å². The zero-order chi connectivity index (χ0) is 23.8. The number of para-hydroxylation sites is 1. The van der Waals surface area contributed by atoms with E-state index in [2.05, 4.69) is 20.5 Å². The van der Waals surface area contributed by atoms with Gasteiger partial charge in [-0.2, -0.15) is 10.2 Å². The first-order valence-electron chi connectivity index (χ1n) is 11.1. The minimum absolute atomic E-state index is 0.0896. The van der Waals surface area contributed by atoms with Gasteiger partial charge in [0.2, 0.25) is 0 Å². The summed E-state index contributed by atoms with van der Waals surface area (Å²) in [4.78, 5) is 22.5. The molecule has 9 heteroatoms. The summed E-state index contributed by atoms with van der Waals surface area (Å²) >= 11 is 0. The molecule has 5 aromatic rings. The number of carbonyl (C=O) groups excluding carboxylic acids is 1. The number of carbonyl (C=O) groups is 1. The Labute approximate surface area is 196 Å². The quantitative estimate of drug-likeness (QED) is 0.395. The van der Waals surface area contributed by atoms with Crippen LogP contribution in [0.5, 0.6) is 0 Å². The number of fused-ring (bicyclic) bond motifs is 1. The molecule has 0 fully saturated rings. The van der Waals surface area contributed by atoms with Crippen molar-refractivity contribution in [3.63, 3.8) is 0 Å². The Morgan fingerprint density at radius 3 is 2.68 bits per heavy atom. The maximum atomic E-state index is 13.6. The van der Waals surface area contributed by atoms with E-state index in [1.54, 1.807) is 23.3 Å². The van der Waals surface area contributed by atoms with Crippen molar-refractivity contribution < 1.29 is 9.21 Å². The monoisotopic (exact) mass is 455 g/mol. The topological polar surface area (TPSA) is 104 Å². The molecule has 172 valence electrons. The van der Waals surface area contributed by atoms with Gasteiger partial charge in [0, 0.05) is 17.3 Å². The molecule has 0 aliphatic heterocycles. The summed E-state index contributed by atoms with van der Waals surface area (Å²) in [5.74, 6) is 1.31. The zero-order valence-electron chi connectivity index (χ0n) is 19.5. The maximum Gasteiger partial charge on any atom is 0.256 e. The van der Waals surface area contributed by atoms with Crippen LogP contribution in [0, 0.1) is 13.8 Å². The van der Waals surface area contributed by atoms with Crippen molar-refractivity contribution in [1.29, 1.82) is 0 Å². The zero-order valence-corrected chi connectivity index (χ0v) is 19.5. The predicted molar refractivity (Wildman–Crippen MR) is 129 cm³/mol. The van der Waals surface area contributed by atoms with Crippen LogP contribution in [0.25, 0.3) is 22.3 Å². The van der Waals surface area contributed by atoms with Gasteiger partial charge < -0.3 is 9.73 Å². The lowest BCUT2D eigenvalue weighted by atomic mass is 10.1. The van der Waals surface area contributed by atoms with Crippen LogP contribution in [0.3, 0.4) is 0 Å². The van der Waals surface area contributed by atoms with E-state index in [-0.39, 0.29) is 11.9 Å². The van der Waals surface area contributed by atoms with Gasteiger partial charge in [0.05, 0.1) is 29.4 Å². The molecule has 0 atom stereocenters. The van der Waals surface area contributed by atoms with Gasteiger partial charge in [0.25, 0.3) is 5.91 Å². The molecule has 5 rings (SSSR count).